The van der Waals surface area contributed by atoms with Gasteiger partial charge in [-0.25, -0.2) is 9.59 Å². The molecule has 3 rings (SSSR count). The van der Waals surface area contributed by atoms with E-state index in [4.69, 9.17) is 0 Å². The van der Waals surface area contributed by atoms with Crippen LogP contribution in [0.15, 0.2) is 35.5 Å². The van der Waals surface area contributed by atoms with Crippen LogP contribution in [0.1, 0.15) is 28.9 Å². The van der Waals surface area contributed by atoms with Gasteiger partial charge < -0.3 is 25.4 Å². The van der Waals surface area contributed by atoms with Crippen LogP contribution < -0.4 is 10.6 Å². The van der Waals surface area contributed by atoms with Crippen LogP contribution in [0.4, 0.5) is 4.79 Å². The average molecular weight is 345 g/mol. The van der Waals surface area contributed by atoms with E-state index in [1.54, 1.807) is 31.2 Å². The average Bonchev–Trinajstić information content (AvgIpc) is 2.88. The molecule has 8 heteroatoms. The third kappa shape index (κ3) is 3.20. The van der Waals surface area contributed by atoms with Gasteiger partial charge in [0.1, 0.15) is 0 Å². The molecule has 2 aliphatic rings. The van der Waals surface area contributed by atoms with Crippen LogP contribution in [0.3, 0.4) is 0 Å². The quantitative estimate of drug-likeness (QED) is 0.681. The van der Waals surface area contributed by atoms with Gasteiger partial charge in [-0.2, -0.15) is 0 Å². The van der Waals surface area contributed by atoms with E-state index in [0.717, 1.165) is 0 Å². The number of nitrogens with zero attached hydrogens (tertiary/aromatic N) is 1. The summed E-state index contributed by atoms with van der Waals surface area (Å²) < 4.78 is 4.66. The molecule has 2 atom stereocenters. The van der Waals surface area contributed by atoms with Crippen LogP contribution in [0, 0.1) is 0 Å². The highest BCUT2D eigenvalue weighted by atomic mass is 16.5. The number of nitrogens with one attached hydrogen (secondary N) is 2. The minimum absolute atomic E-state index is 0.190. The van der Waals surface area contributed by atoms with E-state index in [1.807, 2.05) is 0 Å². The first-order valence-electron chi connectivity index (χ1n) is 7.87. The van der Waals surface area contributed by atoms with Gasteiger partial charge in [0.2, 0.25) is 0 Å². The normalized spacial score (nSPS) is 20.8. The maximum atomic E-state index is 12.7. The summed E-state index contributed by atoms with van der Waals surface area (Å²) in [5.74, 6) is -0.689. The molecule has 8 nitrogen and oxygen atoms in total. The molecule has 3 N–H and O–H groups in total. The number of aliphatic hydroxyl groups is 1. The number of hydrogen-bond donors (Lipinski definition) is 3. The molecule has 0 unspecified atom stereocenters. The van der Waals surface area contributed by atoms with Crippen molar-refractivity contribution in [3.8, 4) is 0 Å². The lowest BCUT2D eigenvalue weighted by molar-refractivity contribution is -0.126. The van der Waals surface area contributed by atoms with Crippen molar-refractivity contribution in [2.45, 2.75) is 19.1 Å². The van der Waals surface area contributed by atoms with Crippen LogP contribution in [-0.2, 0) is 9.53 Å². The predicted octanol–water partition coefficient (Wildman–Crippen LogP) is 0.304. The van der Waals surface area contributed by atoms with Crippen LogP contribution in [-0.4, -0.2) is 54.2 Å². The lowest BCUT2D eigenvalue weighted by Crippen LogP contribution is -2.44. The van der Waals surface area contributed by atoms with Crippen molar-refractivity contribution >= 4 is 17.9 Å². The molecule has 0 saturated carbocycles. The van der Waals surface area contributed by atoms with Gasteiger partial charge in [0.25, 0.3) is 5.91 Å². The van der Waals surface area contributed by atoms with Gasteiger partial charge in [-0.15, -0.1) is 0 Å². The van der Waals surface area contributed by atoms with Crippen LogP contribution in [0.5, 0.6) is 0 Å². The number of carbonyl (C=O) groups is 3. The Balaban J connectivity index is 1.90. The minimum Gasteiger partial charge on any atom is -0.465 e. The Kier molecular flexibility index (Phi) is 4.45. The van der Waals surface area contributed by atoms with E-state index in [1.165, 1.54) is 12.0 Å². The number of esters is 1. The first-order chi connectivity index (χ1) is 11.9. The highest BCUT2D eigenvalue weighted by molar-refractivity contribution is 6.01. The lowest BCUT2D eigenvalue weighted by Gasteiger charge is -2.25. The Morgan fingerprint density at radius 3 is 2.64 bits per heavy atom. The molecule has 2 aliphatic heterocycles. The zero-order valence-electron chi connectivity index (χ0n) is 13.9. The molecule has 1 aromatic rings. The molecule has 0 saturated heterocycles. The van der Waals surface area contributed by atoms with E-state index in [2.05, 4.69) is 15.4 Å². The van der Waals surface area contributed by atoms with E-state index < -0.39 is 24.1 Å². The SMILES string of the molecule is COC(=O)c1ccc([C@@H]2NC(=O)NC3=C2C(=O)N(C[C@@H](C)O)C3)cc1. The van der Waals surface area contributed by atoms with Gasteiger partial charge in [0.05, 0.1) is 42.6 Å². The van der Waals surface area contributed by atoms with Crippen molar-refractivity contribution in [1.82, 2.24) is 15.5 Å². The molecule has 0 fully saturated rings. The van der Waals surface area contributed by atoms with Crippen molar-refractivity contribution in [3.63, 3.8) is 0 Å². The molecule has 0 aliphatic carbocycles. The fourth-order valence-corrected chi connectivity index (χ4v) is 3.07. The van der Waals surface area contributed by atoms with Gasteiger partial charge >= 0.3 is 12.0 Å². The van der Waals surface area contributed by atoms with E-state index in [-0.39, 0.29) is 19.0 Å². The van der Waals surface area contributed by atoms with Crippen LogP contribution >= 0.6 is 0 Å². The zero-order valence-corrected chi connectivity index (χ0v) is 13.9. The highest BCUT2D eigenvalue weighted by Gasteiger charge is 2.40. The fraction of sp³-hybridized carbons (Fsp3) is 0.353. The molecule has 0 radical (unpaired) electrons. The van der Waals surface area contributed by atoms with Crippen molar-refractivity contribution in [2.24, 2.45) is 0 Å². The Morgan fingerprint density at radius 1 is 1.36 bits per heavy atom. The third-order valence-corrected chi connectivity index (χ3v) is 4.17. The van der Waals surface area contributed by atoms with E-state index in [0.29, 0.717) is 22.4 Å². The monoisotopic (exact) mass is 345 g/mol. The Labute approximate surface area is 144 Å². The molecular weight excluding hydrogens is 326 g/mol. The highest BCUT2D eigenvalue weighted by Crippen LogP contribution is 2.32. The first kappa shape index (κ1) is 17.0. The number of rotatable bonds is 4. The predicted molar refractivity (Wildman–Crippen MR) is 87.5 cm³/mol. The Morgan fingerprint density at radius 2 is 2.04 bits per heavy atom. The summed E-state index contributed by atoms with van der Waals surface area (Å²) in [5, 5.41) is 14.9. The van der Waals surface area contributed by atoms with E-state index >= 15 is 0 Å². The molecule has 3 amide bonds. The summed E-state index contributed by atoms with van der Waals surface area (Å²) in [6.45, 7) is 2.05. The summed E-state index contributed by atoms with van der Waals surface area (Å²) in [7, 11) is 1.30. The number of carbonyl (C=O) groups excluding carboxylic acids is 3. The fourth-order valence-electron chi connectivity index (χ4n) is 3.07. The molecule has 2 heterocycles. The largest absolute Gasteiger partial charge is 0.465 e. The molecule has 25 heavy (non-hydrogen) atoms. The number of amides is 3. The number of methoxy groups -OCH3 is 1. The number of ether oxygens (including phenoxy) is 1. The second-order valence-corrected chi connectivity index (χ2v) is 6.07. The van der Waals surface area contributed by atoms with Crippen molar-refractivity contribution in [1.29, 1.82) is 0 Å². The second-order valence-electron chi connectivity index (χ2n) is 6.07. The van der Waals surface area contributed by atoms with Crippen molar-refractivity contribution < 1.29 is 24.2 Å². The molecule has 0 spiro atoms. The number of benzene rings is 1. The van der Waals surface area contributed by atoms with Crippen LogP contribution in [0.25, 0.3) is 0 Å². The number of urea groups is 1. The lowest BCUT2D eigenvalue weighted by atomic mass is 9.95. The van der Waals surface area contributed by atoms with Gasteiger partial charge in [0.15, 0.2) is 0 Å². The number of aliphatic hydroxyl groups excluding tert-OH is 1. The molecular formula is C17H19N3O5. The molecule has 1 aromatic carbocycles. The first-order valence-corrected chi connectivity index (χ1v) is 7.87. The smallest absolute Gasteiger partial charge is 0.337 e. The summed E-state index contributed by atoms with van der Waals surface area (Å²) >= 11 is 0. The Hall–Kier alpha value is -2.87. The maximum Gasteiger partial charge on any atom is 0.337 e. The third-order valence-electron chi connectivity index (χ3n) is 4.17. The van der Waals surface area contributed by atoms with Gasteiger partial charge in [-0.05, 0) is 24.6 Å². The zero-order chi connectivity index (χ0) is 18.1. The number of β-amino-alcohol motifs (C(OH)–C–C–N with tert-alkyl or cyclic N) is 1. The summed E-state index contributed by atoms with van der Waals surface area (Å²) in [5.41, 5.74) is 2.05. The van der Waals surface area contributed by atoms with Crippen molar-refractivity contribution in [3.05, 3.63) is 46.7 Å². The van der Waals surface area contributed by atoms with Crippen molar-refractivity contribution in [2.75, 3.05) is 20.2 Å². The summed E-state index contributed by atoms with van der Waals surface area (Å²) in [6, 6.07) is 5.52. The van der Waals surface area contributed by atoms with Crippen LogP contribution in [0.2, 0.25) is 0 Å². The van der Waals surface area contributed by atoms with Gasteiger partial charge in [-0.3, -0.25) is 4.79 Å². The molecule has 0 aromatic heterocycles. The van der Waals surface area contributed by atoms with Gasteiger partial charge in [-0.1, -0.05) is 12.1 Å². The van der Waals surface area contributed by atoms with E-state index in [9.17, 15) is 19.5 Å². The van der Waals surface area contributed by atoms with Gasteiger partial charge in [0, 0.05) is 6.54 Å². The second kappa shape index (κ2) is 6.56. The number of hydrogen-bond acceptors (Lipinski definition) is 5. The minimum atomic E-state index is -0.660. The Bertz CT molecular complexity index is 754. The topological polar surface area (TPSA) is 108 Å². The maximum absolute atomic E-state index is 12.7. The standard InChI is InChI=1S/C17H19N3O5/c1-9(21)7-20-8-12-13(15(20)22)14(19-17(24)18-12)10-3-5-11(6-4-10)16(23)25-2/h3-6,9,14,21H,7-8H2,1-2H3,(H2,18,19,24)/t9-,14+/m1/s1. The molecule has 0 bridgehead atoms. The summed E-state index contributed by atoms with van der Waals surface area (Å²) in [4.78, 5) is 37.7. The summed E-state index contributed by atoms with van der Waals surface area (Å²) in [6.07, 6.45) is -0.660. The molecule has 132 valence electrons.